The number of hydrogen-bond donors (Lipinski definition) is 1. The summed E-state index contributed by atoms with van der Waals surface area (Å²) < 4.78 is 0. The van der Waals surface area contributed by atoms with Crippen molar-refractivity contribution in [2.24, 2.45) is 0 Å². The molecule has 0 saturated heterocycles. The predicted molar refractivity (Wildman–Crippen MR) is 51.6 cm³/mol. The molecule has 0 aliphatic rings. The summed E-state index contributed by atoms with van der Waals surface area (Å²) in [5.74, 6) is -0.140. The Labute approximate surface area is 72.5 Å². The fourth-order valence-corrected chi connectivity index (χ4v) is 0.857. The van der Waals surface area contributed by atoms with Crippen molar-refractivity contribution < 1.29 is 4.79 Å². The zero-order valence-electron chi connectivity index (χ0n) is 6.79. The van der Waals surface area contributed by atoms with Gasteiger partial charge in [-0.05, 0) is 0 Å². The van der Waals surface area contributed by atoms with Crippen molar-refractivity contribution >= 4 is 19.2 Å². The Morgan fingerprint density at radius 3 is 2.67 bits per heavy atom. The van der Waals surface area contributed by atoms with Gasteiger partial charge in [-0.1, -0.05) is 0 Å². The fourth-order valence-electron chi connectivity index (χ4n) is 0.857. The molecular weight excluding hydrogens is 149 g/mol. The Morgan fingerprint density at radius 1 is 1.42 bits per heavy atom. The molecule has 1 rings (SSSR count). The van der Waals surface area contributed by atoms with Gasteiger partial charge >= 0.3 is 71.7 Å². The van der Waals surface area contributed by atoms with Crippen LogP contribution in [-0.4, -0.2) is 19.2 Å². The second-order valence-electron chi connectivity index (χ2n) is 2.41. The fraction of sp³-hybridized carbons (Fsp3) is 0.111. The summed E-state index contributed by atoms with van der Waals surface area (Å²) in [5, 5.41) is 2.69. The third-order valence-corrected chi connectivity index (χ3v) is 1.49. The van der Waals surface area contributed by atoms with Crippen LogP contribution in [0.4, 0.5) is 4.79 Å². The Bertz CT molecular complexity index is 271. The van der Waals surface area contributed by atoms with Gasteiger partial charge in [-0.15, -0.1) is 0 Å². The maximum atomic E-state index is 10.8. The molecule has 2 nitrogen and oxygen atoms in total. The van der Waals surface area contributed by atoms with Gasteiger partial charge in [0.05, 0.1) is 0 Å². The van der Waals surface area contributed by atoms with E-state index >= 15 is 0 Å². The van der Waals surface area contributed by atoms with Crippen LogP contribution in [0.2, 0.25) is 0 Å². The molecule has 1 aromatic carbocycles. The molecule has 0 radical (unpaired) electrons. The van der Waals surface area contributed by atoms with Crippen LogP contribution in [-0.2, 0) is 6.54 Å². The van der Waals surface area contributed by atoms with Gasteiger partial charge in [0, 0.05) is 0 Å². The van der Waals surface area contributed by atoms with Crippen LogP contribution in [0.1, 0.15) is 5.56 Å². The average Bonchev–Trinajstić information content (AvgIpc) is 2.16. The molecule has 0 fully saturated rings. The molecule has 0 saturated carbocycles. The van der Waals surface area contributed by atoms with E-state index in [-0.39, 0.29) is 5.81 Å². The summed E-state index contributed by atoms with van der Waals surface area (Å²) in [4.78, 5) is 10.8. The molecule has 3 heteroatoms. The molecule has 0 aliphatic carbocycles. The molecule has 0 unspecified atom stereocenters. The number of carbonyl (C=O) groups is 1. The van der Waals surface area contributed by atoms with Gasteiger partial charge in [0.2, 0.25) is 0 Å². The van der Waals surface area contributed by atoms with Crippen molar-refractivity contribution in [1.82, 2.24) is 5.32 Å². The van der Waals surface area contributed by atoms with Crippen LogP contribution in [0.5, 0.6) is 0 Å². The van der Waals surface area contributed by atoms with E-state index in [1.807, 2.05) is 30.3 Å². The first kappa shape index (κ1) is 8.72. The number of amides is 1. The molecule has 0 atom stereocenters. The van der Waals surface area contributed by atoms with E-state index in [0.29, 0.717) is 6.54 Å². The van der Waals surface area contributed by atoms with Crippen molar-refractivity contribution in [2.75, 3.05) is 0 Å². The van der Waals surface area contributed by atoms with E-state index in [4.69, 9.17) is 0 Å². The Kier molecular flexibility index (Phi) is 3.26. The summed E-state index contributed by atoms with van der Waals surface area (Å²) in [5.41, 5.74) is 1.09. The summed E-state index contributed by atoms with van der Waals surface area (Å²) in [6.45, 7) is 5.19. The number of benzene rings is 1. The van der Waals surface area contributed by atoms with E-state index in [0.717, 1.165) is 5.56 Å². The zero-order valence-corrected chi connectivity index (χ0v) is 6.79. The molecule has 0 aliphatic heterocycles. The molecule has 0 aromatic heterocycles. The monoisotopic (exact) mass is 159 g/mol. The summed E-state index contributed by atoms with van der Waals surface area (Å²) in [7, 11) is 0. The van der Waals surface area contributed by atoms with Gasteiger partial charge < -0.3 is 0 Å². The molecule has 1 amide bonds. The second kappa shape index (κ2) is 4.49. The Morgan fingerprint density at radius 2 is 2.08 bits per heavy atom. The first-order valence-corrected chi connectivity index (χ1v) is 3.77. The van der Waals surface area contributed by atoms with Gasteiger partial charge in [0.1, 0.15) is 0 Å². The van der Waals surface area contributed by atoms with Crippen LogP contribution in [0.15, 0.2) is 30.3 Å². The number of nitrogens with one attached hydrogen (secondary N) is 1. The first-order valence-electron chi connectivity index (χ1n) is 3.77. The van der Waals surface area contributed by atoms with Gasteiger partial charge in [-0.2, -0.15) is 0 Å². The topological polar surface area (TPSA) is 29.1 Å². The Balaban J connectivity index is 2.43. The van der Waals surface area contributed by atoms with Crippen molar-refractivity contribution in [1.29, 1.82) is 0 Å². The van der Waals surface area contributed by atoms with Gasteiger partial charge in [0.25, 0.3) is 0 Å². The molecule has 60 valence electrons. The third-order valence-electron chi connectivity index (χ3n) is 1.49. The van der Waals surface area contributed by atoms with E-state index in [9.17, 15) is 4.79 Å². The number of rotatable bonds is 3. The first-order chi connectivity index (χ1) is 5.83. The summed E-state index contributed by atoms with van der Waals surface area (Å²) >= 11 is 0. The van der Waals surface area contributed by atoms with Crippen LogP contribution in [0.25, 0.3) is 0 Å². The second-order valence-corrected chi connectivity index (χ2v) is 2.41. The van der Waals surface area contributed by atoms with Crippen LogP contribution < -0.4 is 5.32 Å². The maximum absolute atomic E-state index is 10.8. The van der Waals surface area contributed by atoms with Gasteiger partial charge in [0.15, 0.2) is 0 Å². The van der Waals surface area contributed by atoms with Gasteiger partial charge in [-0.25, -0.2) is 0 Å². The predicted octanol–water partition coefficient (Wildman–Crippen LogP) is 1.03. The molecule has 0 bridgehead atoms. The molecule has 0 heterocycles. The normalized spacial score (nSPS) is 8.67. The molecular formula is C9H10BNO. The van der Waals surface area contributed by atoms with E-state index in [2.05, 4.69) is 11.8 Å². The van der Waals surface area contributed by atoms with E-state index in [1.54, 1.807) is 0 Å². The number of carbonyl (C=O) groups excluding carboxylic acids is 1. The van der Waals surface area contributed by atoms with Crippen molar-refractivity contribution in [3.8, 4) is 0 Å². The Hall–Kier alpha value is -1.38. The van der Waals surface area contributed by atoms with Crippen molar-refractivity contribution in [3.63, 3.8) is 0 Å². The molecule has 0 spiro atoms. The number of hydrogen-bond acceptors (Lipinski definition) is 1. The van der Waals surface area contributed by atoms with Crippen molar-refractivity contribution in [2.45, 2.75) is 6.54 Å². The summed E-state index contributed by atoms with van der Waals surface area (Å²) in [6.07, 6.45) is 0. The van der Waals surface area contributed by atoms with E-state index in [1.165, 1.54) is 6.92 Å². The molecule has 1 N–H and O–H groups in total. The minimum atomic E-state index is -0.140. The van der Waals surface area contributed by atoms with Crippen molar-refractivity contribution in [3.05, 3.63) is 35.9 Å². The molecule has 12 heavy (non-hydrogen) atoms. The van der Waals surface area contributed by atoms with Gasteiger partial charge in [-0.3, -0.25) is 0 Å². The zero-order chi connectivity index (χ0) is 8.81. The third kappa shape index (κ3) is 2.70. The van der Waals surface area contributed by atoms with E-state index < -0.39 is 0 Å². The van der Waals surface area contributed by atoms with Crippen LogP contribution in [0, 0.1) is 0 Å². The van der Waals surface area contributed by atoms with Crippen LogP contribution >= 0.6 is 0 Å². The summed E-state index contributed by atoms with van der Waals surface area (Å²) in [6, 6.07) is 9.75. The van der Waals surface area contributed by atoms with Crippen LogP contribution in [0.3, 0.4) is 0 Å². The quantitative estimate of drug-likeness (QED) is 0.655. The SMILES string of the molecule is C=BC(=O)NCc1ccccc1. The average molecular weight is 159 g/mol. The molecule has 1 aromatic rings. The standard InChI is InChI=1S/C9H10BNO/c1-10-9(12)11-7-8-5-3-2-4-6-8/h2-6H,1,7H2,(H,11,12). The minimum absolute atomic E-state index is 0.140.